The lowest BCUT2D eigenvalue weighted by molar-refractivity contribution is 0.983. The minimum atomic E-state index is 0.564. The molecule has 2 aromatic carbocycles. The summed E-state index contributed by atoms with van der Waals surface area (Å²) in [5.74, 6) is 0.690. The summed E-state index contributed by atoms with van der Waals surface area (Å²) in [6, 6.07) is 22.0. The maximum absolute atomic E-state index is 9.06. The average Bonchev–Trinajstić information content (AvgIpc) is 2.73. The van der Waals surface area contributed by atoms with Gasteiger partial charge in [-0.05, 0) is 42.0 Å². The standard InChI is InChI=1S/C23H19N5/c1-28(2)20-9-6-18(7-10-20)21-11-8-19-15-25-22(27-23(19)26-21)13-16-4-3-5-17(12-16)14-24/h3-12,15H,13H2,1-2H3. The van der Waals surface area contributed by atoms with Crippen molar-refractivity contribution in [3.8, 4) is 17.3 Å². The van der Waals surface area contributed by atoms with Gasteiger partial charge in [0.05, 0.1) is 17.3 Å². The third kappa shape index (κ3) is 3.67. The third-order valence-electron chi connectivity index (χ3n) is 4.59. The van der Waals surface area contributed by atoms with Crippen LogP contribution in [-0.4, -0.2) is 29.0 Å². The molecule has 0 N–H and O–H groups in total. The van der Waals surface area contributed by atoms with Gasteiger partial charge < -0.3 is 4.90 Å². The Kier molecular flexibility index (Phi) is 4.69. The first-order valence-corrected chi connectivity index (χ1v) is 9.02. The fourth-order valence-corrected chi connectivity index (χ4v) is 3.05. The van der Waals surface area contributed by atoms with E-state index in [0.717, 1.165) is 27.9 Å². The first kappa shape index (κ1) is 17.6. The third-order valence-corrected chi connectivity index (χ3v) is 4.59. The van der Waals surface area contributed by atoms with E-state index in [4.69, 9.17) is 10.2 Å². The maximum atomic E-state index is 9.06. The van der Waals surface area contributed by atoms with Crippen LogP contribution in [0.1, 0.15) is 17.0 Å². The fourth-order valence-electron chi connectivity index (χ4n) is 3.05. The van der Waals surface area contributed by atoms with Gasteiger partial charge in [-0.25, -0.2) is 15.0 Å². The Bertz CT molecular complexity index is 1170. The van der Waals surface area contributed by atoms with Crippen LogP contribution < -0.4 is 4.90 Å². The van der Waals surface area contributed by atoms with Gasteiger partial charge in [-0.1, -0.05) is 24.3 Å². The summed E-state index contributed by atoms with van der Waals surface area (Å²) >= 11 is 0. The van der Waals surface area contributed by atoms with Gasteiger partial charge in [-0.2, -0.15) is 5.26 Å². The van der Waals surface area contributed by atoms with E-state index in [-0.39, 0.29) is 0 Å². The number of hydrogen-bond donors (Lipinski definition) is 0. The number of pyridine rings is 1. The molecule has 28 heavy (non-hydrogen) atoms. The van der Waals surface area contributed by atoms with E-state index in [1.54, 1.807) is 12.3 Å². The van der Waals surface area contributed by atoms with Crippen LogP contribution >= 0.6 is 0 Å². The van der Waals surface area contributed by atoms with Crippen LogP contribution in [0.3, 0.4) is 0 Å². The fraction of sp³-hybridized carbons (Fsp3) is 0.130. The molecular formula is C23H19N5. The minimum absolute atomic E-state index is 0.564. The van der Waals surface area contributed by atoms with E-state index in [1.165, 1.54) is 0 Å². The molecule has 0 spiro atoms. The van der Waals surface area contributed by atoms with Crippen molar-refractivity contribution in [3.05, 3.63) is 83.8 Å². The van der Waals surface area contributed by atoms with E-state index in [2.05, 4.69) is 45.2 Å². The summed E-state index contributed by atoms with van der Waals surface area (Å²) in [5, 5.41) is 9.97. The van der Waals surface area contributed by atoms with E-state index in [9.17, 15) is 0 Å². The largest absolute Gasteiger partial charge is 0.378 e. The summed E-state index contributed by atoms with van der Waals surface area (Å²) < 4.78 is 0. The SMILES string of the molecule is CN(C)c1ccc(-c2ccc3cnc(Cc4cccc(C#N)c4)nc3n2)cc1. The summed E-state index contributed by atoms with van der Waals surface area (Å²) in [6.07, 6.45) is 2.37. The Morgan fingerprint density at radius 1 is 0.964 bits per heavy atom. The molecule has 0 aliphatic carbocycles. The van der Waals surface area contributed by atoms with Crippen molar-refractivity contribution in [2.75, 3.05) is 19.0 Å². The molecule has 136 valence electrons. The smallest absolute Gasteiger partial charge is 0.163 e. The second-order valence-electron chi connectivity index (χ2n) is 6.83. The number of anilines is 1. The van der Waals surface area contributed by atoms with Gasteiger partial charge in [0.2, 0.25) is 0 Å². The van der Waals surface area contributed by atoms with Crippen molar-refractivity contribution in [2.45, 2.75) is 6.42 Å². The Labute approximate surface area is 163 Å². The number of rotatable bonds is 4. The number of nitrogens with zero attached hydrogens (tertiary/aromatic N) is 5. The highest BCUT2D eigenvalue weighted by molar-refractivity contribution is 5.77. The number of benzene rings is 2. The lowest BCUT2D eigenvalue weighted by atomic mass is 10.1. The van der Waals surface area contributed by atoms with Gasteiger partial charge in [0, 0.05) is 43.4 Å². The van der Waals surface area contributed by atoms with E-state index < -0.39 is 0 Å². The molecular weight excluding hydrogens is 346 g/mol. The monoisotopic (exact) mass is 365 g/mol. The molecule has 0 fully saturated rings. The maximum Gasteiger partial charge on any atom is 0.163 e. The minimum Gasteiger partial charge on any atom is -0.378 e. The molecule has 5 nitrogen and oxygen atoms in total. The van der Waals surface area contributed by atoms with Crippen LogP contribution in [-0.2, 0) is 6.42 Å². The molecule has 5 heteroatoms. The average molecular weight is 365 g/mol. The van der Waals surface area contributed by atoms with Crippen LogP contribution in [0.25, 0.3) is 22.3 Å². The second kappa shape index (κ2) is 7.45. The van der Waals surface area contributed by atoms with Crippen molar-refractivity contribution in [1.82, 2.24) is 15.0 Å². The van der Waals surface area contributed by atoms with Crippen LogP contribution in [0.5, 0.6) is 0 Å². The molecule has 4 aromatic rings. The summed E-state index contributed by atoms with van der Waals surface area (Å²) in [4.78, 5) is 15.9. The van der Waals surface area contributed by atoms with Crippen LogP contribution in [0.2, 0.25) is 0 Å². The highest BCUT2D eigenvalue weighted by atomic mass is 15.1. The number of aromatic nitrogens is 3. The van der Waals surface area contributed by atoms with Crippen molar-refractivity contribution in [3.63, 3.8) is 0 Å². The number of hydrogen-bond acceptors (Lipinski definition) is 5. The molecule has 0 atom stereocenters. The summed E-state index contributed by atoms with van der Waals surface area (Å²) in [5.41, 5.74) is 5.40. The molecule has 2 aromatic heterocycles. The van der Waals surface area contributed by atoms with E-state index in [1.807, 2.05) is 44.4 Å². The number of nitriles is 1. The summed E-state index contributed by atoms with van der Waals surface area (Å²) in [7, 11) is 4.04. The second-order valence-corrected chi connectivity index (χ2v) is 6.83. The van der Waals surface area contributed by atoms with E-state index in [0.29, 0.717) is 23.5 Å². The van der Waals surface area contributed by atoms with Crippen molar-refractivity contribution in [1.29, 1.82) is 5.26 Å². The first-order valence-electron chi connectivity index (χ1n) is 9.02. The predicted octanol–water partition coefficient (Wildman–Crippen LogP) is 4.22. The molecule has 0 amide bonds. The Morgan fingerprint density at radius 2 is 1.79 bits per heavy atom. The zero-order chi connectivity index (χ0) is 19.5. The van der Waals surface area contributed by atoms with Gasteiger partial charge >= 0.3 is 0 Å². The van der Waals surface area contributed by atoms with Gasteiger partial charge in [-0.15, -0.1) is 0 Å². The van der Waals surface area contributed by atoms with Crippen LogP contribution in [0.4, 0.5) is 5.69 Å². The van der Waals surface area contributed by atoms with Gasteiger partial charge in [0.15, 0.2) is 5.65 Å². The van der Waals surface area contributed by atoms with Crippen molar-refractivity contribution in [2.24, 2.45) is 0 Å². The Morgan fingerprint density at radius 3 is 2.54 bits per heavy atom. The van der Waals surface area contributed by atoms with Crippen molar-refractivity contribution < 1.29 is 0 Å². The molecule has 0 aliphatic rings. The zero-order valence-electron chi connectivity index (χ0n) is 15.8. The van der Waals surface area contributed by atoms with Gasteiger partial charge in [0.1, 0.15) is 5.82 Å². The number of fused-ring (bicyclic) bond motifs is 1. The van der Waals surface area contributed by atoms with E-state index >= 15 is 0 Å². The Hall–Kier alpha value is -3.78. The first-order chi connectivity index (χ1) is 13.6. The molecule has 2 heterocycles. The molecule has 0 saturated heterocycles. The van der Waals surface area contributed by atoms with Crippen LogP contribution in [0.15, 0.2) is 66.9 Å². The lowest BCUT2D eigenvalue weighted by Gasteiger charge is -2.12. The quantitative estimate of drug-likeness (QED) is 0.542. The normalized spacial score (nSPS) is 10.6. The van der Waals surface area contributed by atoms with Gasteiger partial charge in [0.25, 0.3) is 0 Å². The topological polar surface area (TPSA) is 65.7 Å². The van der Waals surface area contributed by atoms with Gasteiger partial charge in [-0.3, -0.25) is 0 Å². The zero-order valence-corrected chi connectivity index (χ0v) is 15.8. The predicted molar refractivity (Wildman–Crippen MR) is 111 cm³/mol. The Balaban J connectivity index is 1.66. The highest BCUT2D eigenvalue weighted by Crippen LogP contribution is 2.23. The van der Waals surface area contributed by atoms with Crippen molar-refractivity contribution >= 4 is 16.7 Å². The molecule has 0 aliphatic heterocycles. The summed E-state index contributed by atoms with van der Waals surface area (Å²) in [6.45, 7) is 0. The molecule has 0 bridgehead atoms. The molecule has 0 unspecified atom stereocenters. The lowest BCUT2D eigenvalue weighted by Crippen LogP contribution is -2.07. The highest BCUT2D eigenvalue weighted by Gasteiger charge is 2.07. The molecule has 0 saturated carbocycles. The molecule has 0 radical (unpaired) electrons. The molecule has 4 rings (SSSR count). The van der Waals surface area contributed by atoms with Crippen LogP contribution in [0, 0.1) is 11.3 Å².